The van der Waals surface area contributed by atoms with Crippen LogP contribution in [0, 0.1) is 34.5 Å². The second-order valence-electron chi connectivity index (χ2n) is 9.91. The van der Waals surface area contributed by atoms with Gasteiger partial charge < -0.3 is 0 Å². The molecule has 1 unspecified atom stereocenters. The Morgan fingerprint density at radius 1 is 1.08 bits per heavy atom. The number of fused-ring (bicyclic) bond motifs is 5. The number of allylic oxidation sites excluding steroid dienone is 4. The van der Waals surface area contributed by atoms with Gasteiger partial charge in [-0.25, -0.2) is 0 Å². The predicted octanol–water partition coefficient (Wildman–Crippen LogP) is 7.31. The highest BCUT2D eigenvalue weighted by molar-refractivity contribution is 5.27. The highest BCUT2D eigenvalue weighted by Crippen LogP contribution is 2.66. The molecule has 134 valence electrons. The van der Waals surface area contributed by atoms with Crippen molar-refractivity contribution >= 4 is 0 Å². The molecular formula is C24H38. The van der Waals surface area contributed by atoms with E-state index in [4.69, 9.17) is 0 Å². The van der Waals surface area contributed by atoms with E-state index in [2.05, 4.69) is 39.0 Å². The molecule has 0 N–H and O–H groups in total. The van der Waals surface area contributed by atoms with Crippen molar-refractivity contribution in [1.82, 2.24) is 0 Å². The van der Waals surface area contributed by atoms with Gasteiger partial charge in [0, 0.05) is 0 Å². The van der Waals surface area contributed by atoms with Crippen molar-refractivity contribution in [2.24, 2.45) is 34.5 Å². The van der Waals surface area contributed by atoms with Gasteiger partial charge in [0.15, 0.2) is 0 Å². The van der Waals surface area contributed by atoms with Gasteiger partial charge in [0.2, 0.25) is 0 Å². The molecule has 0 amide bonds. The minimum atomic E-state index is 0.481. The van der Waals surface area contributed by atoms with Gasteiger partial charge in [-0.3, -0.25) is 0 Å². The monoisotopic (exact) mass is 326 g/mol. The van der Waals surface area contributed by atoms with Crippen LogP contribution < -0.4 is 0 Å². The lowest BCUT2D eigenvalue weighted by atomic mass is 9.45. The lowest BCUT2D eigenvalue weighted by Crippen LogP contribution is -2.51. The summed E-state index contributed by atoms with van der Waals surface area (Å²) in [5.41, 5.74) is 3.03. The van der Waals surface area contributed by atoms with Gasteiger partial charge in [0.05, 0.1) is 0 Å². The van der Waals surface area contributed by atoms with Gasteiger partial charge in [0.1, 0.15) is 0 Å². The molecule has 4 rings (SSSR count). The van der Waals surface area contributed by atoms with E-state index in [1.807, 2.05) is 5.57 Å². The molecule has 6 atom stereocenters. The Hall–Kier alpha value is -0.520. The SMILES string of the molecule is CCCC=CC1CCC=C2CC[C@@H]3[C@@H](CC[C@]4(C)CCC[C@@H]34)[C@]21C. The Bertz CT molecular complexity index is 526. The first-order valence-corrected chi connectivity index (χ1v) is 11.0. The van der Waals surface area contributed by atoms with E-state index in [1.165, 1.54) is 70.6 Å². The first kappa shape index (κ1) is 16.9. The maximum atomic E-state index is 2.67. The van der Waals surface area contributed by atoms with Crippen LogP contribution in [0.4, 0.5) is 0 Å². The first-order chi connectivity index (χ1) is 11.6. The Balaban J connectivity index is 1.65. The predicted molar refractivity (Wildman–Crippen MR) is 104 cm³/mol. The summed E-state index contributed by atoms with van der Waals surface area (Å²) >= 11 is 0. The van der Waals surface area contributed by atoms with Crippen molar-refractivity contribution in [3.8, 4) is 0 Å². The van der Waals surface area contributed by atoms with Crippen molar-refractivity contribution in [2.45, 2.75) is 91.4 Å². The molecule has 24 heavy (non-hydrogen) atoms. The van der Waals surface area contributed by atoms with Crippen LogP contribution in [0.2, 0.25) is 0 Å². The first-order valence-electron chi connectivity index (χ1n) is 11.0. The van der Waals surface area contributed by atoms with Crippen LogP contribution in [0.3, 0.4) is 0 Å². The molecule has 0 heteroatoms. The van der Waals surface area contributed by atoms with Gasteiger partial charge in [-0.05, 0) is 92.3 Å². The molecule has 0 aromatic rings. The average Bonchev–Trinajstić information content (AvgIpc) is 2.97. The molecule has 0 nitrogen and oxygen atoms in total. The van der Waals surface area contributed by atoms with E-state index in [-0.39, 0.29) is 0 Å². The molecular weight excluding hydrogens is 288 g/mol. The molecule has 0 bridgehead atoms. The van der Waals surface area contributed by atoms with E-state index in [9.17, 15) is 0 Å². The van der Waals surface area contributed by atoms with Gasteiger partial charge in [-0.2, -0.15) is 0 Å². The van der Waals surface area contributed by atoms with Crippen LogP contribution in [0.25, 0.3) is 0 Å². The maximum absolute atomic E-state index is 2.67. The molecule has 0 saturated heterocycles. The fraction of sp³-hybridized carbons (Fsp3) is 0.833. The summed E-state index contributed by atoms with van der Waals surface area (Å²) in [6.07, 6.45) is 23.5. The zero-order chi connectivity index (χ0) is 16.8. The number of hydrogen-bond acceptors (Lipinski definition) is 0. The Kier molecular flexibility index (Phi) is 4.46. The van der Waals surface area contributed by atoms with Crippen molar-refractivity contribution < 1.29 is 0 Å². The summed E-state index contributed by atoms with van der Waals surface area (Å²) in [6, 6.07) is 0. The molecule has 0 aliphatic heterocycles. The third-order valence-electron chi connectivity index (χ3n) is 8.89. The number of hydrogen-bond donors (Lipinski definition) is 0. The molecule has 0 spiro atoms. The molecule has 4 aliphatic rings. The minimum absolute atomic E-state index is 0.481. The summed E-state index contributed by atoms with van der Waals surface area (Å²) < 4.78 is 0. The average molecular weight is 327 g/mol. The van der Waals surface area contributed by atoms with Crippen molar-refractivity contribution in [1.29, 1.82) is 0 Å². The topological polar surface area (TPSA) is 0 Å². The second-order valence-corrected chi connectivity index (χ2v) is 9.91. The van der Waals surface area contributed by atoms with E-state index < -0.39 is 0 Å². The normalized spacial score (nSPS) is 47.9. The summed E-state index contributed by atoms with van der Waals surface area (Å²) in [4.78, 5) is 0. The van der Waals surface area contributed by atoms with Crippen LogP contribution >= 0.6 is 0 Å². The van der Waals surface area contributed by atoms with Crippen molar-refractivity contribution in [3.63, 3.8) is 0 Å². The molecule has 0 heterocycles. The third kappa shape index (κ3) is 2.46. The Morgan fingerprint density at radius 3 is 2.79 bits per heavy atom. The van der Waals surface area contributed by atoms with E-state index in [0.29, 0.717) is 10.8 Å². The van der Waals surface area contributed by atoms with Crippen LogP contribution in [0.1, 0.15) is 91.4 Å². The van der Waals surface area contributed by atoms with Crippen LogP contribution in [0.5, 0.6) is 0 Å². The zero-order valence-corrected chi connectivity index (χ0v) is 16.3. The fourth-order valence-corrected chi connectivity index (χ4v) is 7.55. The van der Waals surface area contributed by atoms with Crippen LogP contribution in [0.15, 0.2) is 23.8 Å². The Labute approximate surface area is 150 Å². The maximum Gasteiger partial charge on any atom is -0.00226 e. The largest absolute Gasteiger partial charge is 0.0882 e. The molecule has 0 aromatic heterocycles. The van der Waals surface area contributed by atoms with E-state index >= 15 is 0 Å². The molecule has 3 saturated carbocycles. The molecule has 4 aliphatic carbocycles. The van der Waals surface area contributed by atoms with Gasteiger partial charge in [-0.1, -0.05) is 57.4 Å². The highest BCUT2D eigenvalue weighted by atomic mass is 14.6. The zero-order valence-electron chi connectivity index (χ0n) is 16.3. The van der Waals surface area contributed by atoms with E-state index in [0.717, 1.165) is 23.7 Å². The second kappa shape index (κ2) is 6.33. The summed E-state index contributed by atoms with van der Waals surface area (Å²) in [6.45, 7) is 7.61. The van der Waals surface area contributed by atoms with E-state index in [1.54, 1.807) is 0 Å². The summed E-state index contributed by atoms with van der Waals surface area (Å²) in [7, 11) is 0. The smallest absolute Gasteiger partial charge is 0.00226 e. The Morgan fingerprint density at radius 2 is 1.96 bits per heavy atom. The van der Waals surface area contributed by atoms with Crippen LogP contribution in [-0.4, -0.2) is 0 Å². The number of unbranched alkanes of at least 4 members (excludes halogenated alkanes) is 1. The van der Waals surface area contributed by atoms with Gasteiger partial charge in [0.25, 0.3) is 0 Å². The lowest BCUT2D eigenvalue weighted by Gasteiger charge is -2.59. The third-order valence-corrected chi connectivity index (χ3v) is 8.89. The minimum Gasteiger partial charge on any atom is -0.0882 e. The quantitative estimate of drug-likeness (QED) is 0.477. The van der Waals surface area contributed by atoms with Crippen molar-refractivity contribution in [3.05, 3.63) is 23.8 Å². The molecule has 0 radical (unpaired) electrons. The van der Waals surface area contributed by atoms with Crippen molar-refractivity contribution in [2.75, 3.05) is 0 Å². The molecule has 0 aromatic carbocycles. The van der Waals surface area contributed by atoms with Crippen LogP contribution in [-0.2, 0) is 0 Å². The molecule has 3 fully saturated rings. The number of rotatable bonds is 3. The van der Waals surface area contributed by atoms with Gasteiger partial charge in [-0.15, -0.1) is 0 Å². The summed E-state index contributed by atoms with van der Waals surface area (Å²) in [5.74, 6) is 3.83. The lowest BCUT2D eigenvalue weighted by molar-refractivity contribution is -0.0494. The summed E-state index contributed by atoms with van der Waals surface area (Å²) in [5, 5.41) is 0. The standard InChI is InChI=1S/C24H38/c1-4-5-6-9-18-10-7-11-19-13-14-20-21-12-8-16-23(21,2)17-15-22(20)24(18,19)3/h6,9,11,18,20-22H,4-5,7-8,10,12-17H2,1-3H3/t18?,20-,21-,22+,23-,24-/m0/s1. The highest BCUT2D eigenvalue weighted by Gasteiger charge is 2.57. The fourth-order valence-electron chi connectivity index (χ4n) is 7.55. The van der Waals surface area contributed by atoms with Gasteiger partial charge >= 0.3 is 0 Å².